The average Bonchev–Trinajstić information content (AvgIpc) is 2.91. The third-order valence-electron chi connectivity index (χ3n) is 7.92. The molecule has 1 aliphatic heterocycles. The van der Waals surface area contributed by atoms with Gasteiger partial charge in [-0.2, -0.15) is 0 Å². The molecule has 1 fully saturated rings. The lowest BCUT2D eigenvalue weighted by Crippen LogP contribution is -2.49. The number of fused-ring (bicyclic) bond motifs is 3. The second kappa shape index (κ2) is 9.88. The lowest BCUT2D eigenvalue weighted by Gasteiger charge is -2.42. The monoisotopic (exact) mass is 553 g/mol. The van der Waals surface area contributed by atoms with Gasteiger partial charge in [-0.15, -0.1) is 0 Å². The minimum Gasteiger partial charge on any atom is -0.507 e. The second-order valence-corrected chi connectivity index (χ2v) is 10.2. The van der Waals surface area contributed by atoms with E-state index in [2.05, 4.69) is 10.0 Å². The molecule has 0 aromatic heterocycles. The predicted molar refractivity (Wildman–Crippen MR) is 135 cm³/mol. The summed E-state index contributed by atoms with van der Waals surface area (Å²) in [5.41, 5.74) is 5.58. The van der Waals surface area contributed by atoms with Crippen molar-refractivity contribution in [2.24, 2.45) is 5.11 Å². The molecule has 210 valence electrons. The fourth-order valence-electron chi connectivity index (χ4n) is 5.78. The molecule has 0 amide bonds. The smallest absolute Gasteiger partial charge is 0.202 e. The first kappa shape index (κ1) is 27.6. The molecule has 4 N–H and O–H groups in total. The predicted octanol–water partition coefficient (Wildman–Crippen LogP) is 2.38. The summed E-state index contributed by atoms with van der Waals surface area (Å²) in [4.78, 5) is 42.5. The molecule has 6 atom stereocenters. The van der Waals surface area contributed by atoms with E-state index in [0.717, 1.165) is 6.92 Å². The molecule has 2 aliphatic carbocycles. The molecule has 5 rings (SSSR count). The summed E-state index contributed by atoms with van der Waals surface area (Å²) < 4.78 is 17.1. The van der Waals surface area contributed by atoms with Gasteiger partial charge >= 0.3 is 0 Å². The zero-order chi connectivity index (χ0) is 29.1. The number of aromatic hydroxyl groups is 2. The Morgan fingerprint density at radius 1 is 1.18 bits per heavy atom. The second-order valence-electron chi connectivity index (χ2n) is 10.2. The van der Waals surface area contributed by atoms with Gasteiger partial charge in [-0.05, 0) is 25.4 Å². The van der Waals surface area contributed by atoms with Crippen LogP contribution >= 0.6 is 0 Å². The van der Waals surface area contributed by atoms with Crippen molar-refractivity contribution in [3.8, 4) is 17.2 Å². The molecule has 13 nitrogen and oxygen atoms in total. The zero-order valence-electron chi connectivity index (χ0n) is 21.8. The number of methoxy groups -OCH3 is 1. The molecule has 1 unspecified atom stereocenters. The highest BCUT2D eigenvalue weighted by Gasteiger charge is 2.49. The standard InChI is InChI=1S/C27H27N3O10/c1-10-22(32)14(29-30-28)7-17(39-10)40-16-9-27(37,11(2)31)8-13-19(16)26(36)21-20(24(13)34)23(33)12-5-4-6-15(38-3)18(12)25(21)35/h4-6,10,14,16-17,22,32,34,36-37H,7-9H2,1-3H3/t10-,14?,16-,17-,22+,27-/m0/s1. The summed E-state index contributed by atoms with van der Waals surface area (Å²) in [6.07, 6.45) is -5.32. The number of nitrogens with zero attached hydrogens (tertiary/aromatic N) is 3. The first-order chi connectivity index (χ1) is 18.9. The van der Waals surface area contributed by atoms with E-state index in [4.69, 9.17) is 19.7 Å². The largest absolute Gasteiger partial charge is 0.507 e. The summed E-state index contributed by atoms with van der Waals surface area (Å²) in [6.45, 7) is 2.69. The molecule has 2 aromatic carbocycles. The number of phenolic OH excluding ortho intramolecular Hbond substituents is 2. The first-order valence-electron chi connectivity index (χ1n) is 12.6. The summed E-state index contributed by atoms with van der Waals surface area (Å²) in [7, 11) is 1.32. The maximum absolute atomic E-state index is 13.7. The maximum Gasteiger partial charge on any atom is 0.202 e. The van der Waals surface area contributed by atoms with Crippen LogP contribution in [0.4, 0.5) is 0 Å². The number of ketones is 3. The number of azide groups is 1. The number of phenols is 2. The summed E-state index contributed by atoms with van der Waals surface area (Å²) in [5, 5.41) is 48.0. The maximum atomic E-state index is 13.7. The van der Waals surface area contributed by atoms with Crippen LogP contribution in [0.25, 0.3) is 10.4 Å². The van der Waals surface area contributed by atoms with Crippen LogP contribution in [-0.4, -0.2) is 75.0 Å². The topological polar surface area (TPSA) is 209 Å². The van der Waals surface area contributed by atoms with Crippen molar-refractivity contribution in [3.05, 3.63) is 62.0 Å². The number of hydrogen-bond acceptors (Lipinski definition) is 11. The van der Waals surface area contributed by atoms with Crippen LogP contribution < -0.4 is 4.74 Å². The van der Waals surface area contributed by atoms with Crippen molar-refractivity contribution >= 4 is 17.3 Å². The first-order valence-corrected chi connectivity index (χ1v) is 12.6. The zero-order valence-corrected chi connectivity index (χ0v) is 21.8. The van der Waals surface area contributed by atoms with Crippen LogP contribution in [0.5, 0.6) is 17.2 Å². The summed E-state index contributed by atoms with van der Waals surface area (Å²) in [5.74, 6) is -3.38. The molecule has 13 heteroatoms. The van der Waals surface area contributed by atoms with E-state index >= 15 is 0 Å². The molecule has 1 saturated heterocycles. The number of aliphatic hydroxyl groups excluding tert-OH is 1. The molecule has 0 bridgehead atoms. The van der Waals surface area contributed by atoms with Gasteiger partial charge in [-0.1, -0.05) is 17.2 Å². The van der Waals surface area contributed by atoms with Gasteiger partial charge in [0.05, 0.1) is 48.2 Å². The van der Waals surface area contributed by atoms with Crippen molar-refractivity contribution in [3.63, 3.8) is 0 Å². The summed E-state index contributed by atoms with van der Waals surface area (Å²) >= 11 is 0. The van der Waals surface area contributed by atoms with Crippen molar-refractivity contribution in [2.45, 2.75) is 69.4 Å². The molecular weight excluding hydrogens is 526 g/mol. The van der Waals surface area contributed by atoms with E-state index in [0.29, 0.717) is 0 Å². The highest BCUT2D eigenvalue weighted by atomic mass is 16.7. The van der Waals surface area contributed by atoms with Gasteiger partial charge in [0.2, 0.25) is 5.78 Å². The van der Waals surface area contributed by atoms with E-state index in [9.17, 15) is 34.8 Å². The molecule has 3 aliphatic rings. The number of carbonyl (C=O) groups is 3. The molecular formula is C27H27N3O10. The Bertz CT molecular complexity index is 1500. The van der Waals surface area contributed by atoms with Crippen LogP contribution in [0.3, 0.4) is 0 Å². The van der Waals surface area contributed by atoms with Crippen LogP contribution in [0.2, 0.25) is 0 Å². The molecule has 2 aromatic rings. The Balaban J connectivity index is 1.67. The third-order valence-corrected chi connectivity index (χ3v) is 7.92. The fraction of sp³-hybridized carbons (Fsp3) is 0.444. The minimum atomic E-state index is -2.05. The number of Topliss-reactive ketones (excluding diaryl/α,β-unsaturated/α-hetero) is 1. The molecule has 0 radical (unpaired) electrons. The number of ether oxygens (including phenoxy) is 3. The average molecular weight is 554 g/mol. The van der Waals surface area contributed by atoms with Crippen molar-refractivity contribution < 1.29 is 49.0 Å². The highest BCUT2D eigenvalue weighted by molar-refractivity contribution is 6.31. The van der Waals surface area contributed by atoms with Gasteiger partial charge in [0.25, 0.3) is 0 Å². The van der Waals surface area contributed by atoms with Gasteiger partial charge in [0.15, 0.2) is 17.9 Å². The lowest BCUT2D eigenvalue weighted by molar-refractivity contribution is -0.247. The Kier molecular flexibility index (Phi) is 6.81. The van der Waals surface area contributed by atoms with E-state index in [1.54, 1.807) is 0 Å². The highest BCUT2D eigenvalue weighted by Crippen LogP contribution is 2.52. The van der Waals surface area contributed by atoms with Crippen LogP contribution in [0.15, 0.2) is 23.3 Å². The SMILES string of the molecule is COc1cccc2c1C(=O)c1c(O)c3c(c(O)c1C2=O)C[C@@](O)(C(C)=O)C[C@@H]3O[C@H]1CC(N=[N+]=[N-])[C@H](O)[C@H](C)O1. The number of aliphatic hydroxyl groups is 2. The molecule has 1 heterocycles. The Hall–Kier alpha value is -4.00. The van der Waals surface area contributed by atoms with Crippen LogP contribution in [0.1, 0.15) is 75.8 Å². The number of rotatable bonds is 5. The molecule has 40 heavy (non-hydrogen) atoms. The molecule has 0 saturated carbocycles. The van der Waals surface area contributed by atoms with Gasteiger partial charge in [0.1, 0.15) is 22.8 Å². The van der Waals surface area contributed by atoms with Crippen molar-refractivity contribution in [1.82, 2.24) is 0 Å². The number of benzene rings is 2. The summed E-state index contributed by atoms with van der Waals surface area (Å²) in [6, 6.07) is 3.47. The van der Waals surface area contributed by atoms with Gasteiger partial charge in [0, 0.05) is 40.9 Å². The van der Waals surface area contributed by atoms with Crippen LogP contribution in [-0.2, 0) is 20.7 Å². The fourth-order valence-corrected chi connectivity index (χ4v) is 5.78. The quantitative estimate of drug-likeness (QED) is 0.157. The molecule has 0 spiro atoms. The van der Waals surface area contributed by atoms with E-state index in [-0.39, 0.29) is 40.8 Å². The van der Waals surface area contributed by atoms with Crippen LogP contribution in [0, 0.1) is 0 Å². The Labute approximate surface area is 227 Å². The van der Waals surface area contributed by atoms with E-state index in [1.165, 1.54) is 32.2 Å². The van der Waals surface area contributed by atoms with E-state index in [1.807, 2.05) is 0 Å². The van der Waals surface area contributed by atoms with Gasteiger partial charge < -0.3 is 34.6 Å². The van der Waals surface area contributed by atoms with E-state index < -0.39 is 82.6 Å². The normalized spacial score (nSPS) is 29.1. The Morgan fingerprint density at radius 2 is 1.88 bits per heavy atom. The van der Waals surface area contributed by atoms with Crippen molar-refractivity contribution in [2.75, 3.05) is 7.11 Å². The minimum absolute atomic E-state index is 0.0378. The van der Waals surface area contributed by atoms with Gasteiger partial charge in [-0.3, -0.25) is 14.4 Å². The number of hydrogen-bond donors (Lipinski definition) is 4. The number of carbonyl (C=O) groups excluding carboxylic acids is 3. The van der Waals surface area contributed by atoms with Crippen molar-refractivity contribution in [1.29, 1.82) is 0 Å². The lowest BCUT2D eigenvalue weighted by atomic mass is 9.72. The van der Waals surface area contributed by atoms with Gasteiger partial charge in [-0.25, -0.2) is 0 Å². The third kappa shape index (κ3) is 4.10. The Morgan fingerprint density at radius 3 is 2.52 bits per heavy atom.